The normalized spacial score (nSPS) is 29.2. The highest BCUT2D eigenvalue weighted by Gasteiger charge is 2.38. The van der Waals surface area contributed by atoms with Crippen molar-refractivity contribution in [2.24, 2.45) is 0 Å². The average Bonchev–Trinajstić information content (AvgIpc) is 3.14. The Hall–Kier alpha value is -1.46. The van der Waals surface area contributed by atoms with E-state index in [1.807, 2.05) is 9.41 Å². The molecule has 0 radical (unpaired) electrons. The summed E-state index contributed by atoms with van der Waals surface area (Å²) in [6.07, 6.45) is 1.87. The van der Waals surface area contributed by atoms with Crippen LogP contribution < -0.4 is 5.43 Å². The smallest absolute Gasteiger partial charge is 0.205 e. The van der Waals surface area contributed by atoms with E-state index in [-0.39, 0.29) is 5.25 Å². The fourth-order valence-corrected chi connectivity index (χ4v) is 4.06. The summed E-state index contributed by atoms with van der Waals surface area (Å²) in [5.41, 5.74) is 3.85. The quantitative estimate of drug-likeness (QED) is 0.669. The molecule has 0 aliphatic carbocycles. The average molecular weight is 338 g/mol. The first-order chi connectivity index (χ1) is 11.2. The van der Waals surface area contributed by atoms with Crippen LogP contribution >= 0.6 is 11.8 Å². The summed E-state index contributed by atoms with van der Waals surface area (Å²) < 4.78 is 7.14. The molecule has 4 heterocycles. The third-order valence-electron chi connectivity index (χ3n) is 4.03. The molecule has 0 unspecified atom stereocenters. The summed E-state index contributed by atoms with van der Waals surface area (Å²) in [5, 5.41) is 30.0. The van der Waals surface area contributed by atoms with Gasteiger partial charge in [-0.25, -0.2) is 9.99 Å². The molecule has 3 atom stereocenters. The summed E-state index contributed by atoms with van der Waals surface area (Å²) in [4.78, 5) is 4.34. The first-order valence-electron chi connectivity index (χ1n) is 7.51. The minimum atomic E-state index is -0.837. The lowest BCUT2D eigenvalue weighted by Gasteiger charge is -2.27. The predicted octanol–water partition coefficient (Wildman–Crippen LogP) is -0.707. The van der Waals surface area contributed by atoms with Gasteiger partial charge in [0.2, 0.25) is 5.65 Å². The number of ether oxygens (including phenoxy) is 1. The van der Waals surface area contributed by atoms with Crippen molar-refractivity contribution >= 4 is 23.2 Å². The Bertz CT molecular complexity index is 691. The topological polar surface area (TPSA) is 108 Å². The molecule has 0 bridgehead atoms. The number of aliphatic hydroxyl groups is 2. The maximum Gasteiger partial charge on any atom is 0.205 e. The zero-order chi connectivity index (χ0) is 15.8. The third kappa shape index (κ3) is 2.76. The molecule has 9 nitrogen and oxygen atoms in total. The van der Waals surface area contributed by atoms with Crippen LogP contribution in [-0.4, -0.2) is 79.1 Å². The van der Waals surface area contributed by atoms with Crippen molar-refractivity contribution in [1.29, 1.82) is 0 Å². The molecular formula is C13H18N6O3S. The largest absolute Gasteiger partial charge is 0.390 e. The van der Waals surface area contributed by atoms with Crippen molar-refractivity contribution in [2.75, 3.05) is 37.5 Å². The molecule has 2 aromatic heterocycles. The van der Waals surface area contributed by atoms with Gasteiger partial charge < -0.3 is 14.9 Å². The van der Waals surface area contributed by atoms with Gasteiger partial charge in [0, 0.05) is 31.2 Å². The van der Waals surface area contributed by atoms with Crippen molar-refractivity contribution in [3.63, 3.8) is 0 Å². The fourth-order valence-electron chi connectivity index (χ4n) is 2.77. The van der Waals surface area contributed by atoms with Gasteiger partial charge in [0.1, 0.15) is 0 Å². The number of fused-ring (bicyclic) bond motifs is 1. The lowest BCUT2D eigenvalue weighted by Crippen LogP contribution is -2.40. The van der Waals surface area contributed by atoms with E-state index in [4.69, 9.17) is 4.74 Å². The van der Waals surface area contributed by atoms with Crippen molar-refractivity contribution in [3.05, 3.63) is 18.2 Å². The minimum absolute atomic E-state index is 0.293. The Morgan fingerprint density at radius 1 is 1.26 bits per heavy atom. The van der Waals surface area contributed by atoms with Crippen LogP contribution in [0.3, 0.4) is 0 Å². The van der Waals surface area contributed by atoms with E-state index in [1.54, 1.807) is 12.4 Å². The second-order valence-electron chi connectivity index (χ2n) is 5.55. The molecule has 2 aromatic rings. The second kappa shape index (κ2) is 6.21. The standard InChI is InChI=1S/C13H18N6O3S/c20-8-7-23-10(9(8)21)12-15-16-13-11(14-1-2-19(12)13)17-18-3-5-22-6-4-18/h1-2,8-10,20-21H,3-7H2,(H,14,17)/t8-,9-,10-/m1/s1. The lowest BCUT2D eigenvalue weighted by atomic mass is 10.1. The van der Waals surface area contributed by atoms with Crippen LogP contribution in [0.25, 0.3) is 5.65 Å². The monoisotopic (exact) mass is 338 g/mol. The van der Waals surface area contributed by atoms with Crippen LogP contribution in [0.4, 0.5) is 5.82 Å². The summed E-state index contributed by atoms with van der Waals surface area (Å²) in [6.45, 7) is 2.90. The molecule has 0 spiro atoms. The van der Waals surface area contributed by atoms with E-state index >= 15 is 0 Å². The van der Waals surface area contributed by atoms with Crippen LogP contribution in [0.1, 0.15) is 11.1 Å². The molecule has 3 N–H and O–H groups in total. The molecule has 2 aliphatic heterocycles. The van der Waals surface area contributed by atoms with E-state index < -0.39 is 12.2 Å². The first-order valence-corrected chi connectivity index (χ1v) is 8.55. The molecule has 0 saturated carbocycles. The number of aromatic nitrogens is 4. The first kappa shape index (κ1) is 15.1. The van der Waals surface area contributed by atoms with Crippen LogP contribution in [0, 0.1) is 0 Å². The minimum Gasteiger partial charge on any atom is -0.390 e. The number of hydrazine groups is 1. The van der Waals surface area contributed by atoms with Gasteiger partial charge in [-0.05, 0) is 0 Å². The Morgan fingerprint density at radius 3 is 2.83 bits per heavy atom. The van der Waals surface area contributed by atoms with E-state index in [1.165, 1.54) is 11.8 Å². The summed E-state index contributed by atoms with van der Waals surface area (Å²) in [5.74, 6) is 1.73. The van der Waals surface area contributed by atoms with Gasteiger partial charge in [-0.1, -0.05) is 0 Å². The van der Waals surface area contributed by atoms with E-state index in [2.05, 4.69) is 20.6 Å². The van der Waals surface area contributed by atoms with Crippen LogP contribution in [0.5, 0.6) is 0 Å². The molecule has 10 heteroatoms. The van der Waals surface area contributed by atoms with Gasteiger partial charge in [0.15, 0.2) is 11.6 Å². The number of nitrogens with one attached hydrogen (secondary N) is 1. The highest BCUT2D eigenvalue weighted by molar-refractivity contribution is 7.99. The Kier molecular flexibility index (Phi) is 4.07. The van der Waals surface area contributed by atoms with Crippen LogP contribution in [-0.2, 0) is 4.74 Å². The molecule has 0 amide bonds. The van der Waals surface area contributed by atoms with Crippen molar-refractivity contribution in [3.8, 4) is 0 Å². The van der Waals surface area contributed by atoms with E-state index in [0.29, 0.717) is 36.3 Å². The van der Waals surface area contributed by atoms with Crippen molar-refractivity contribution in [1.82, 2.24) is 24.6 Å². The SMILES string of the molecule is O[C@@H]1[C@H](O)CS[C@H]1c1nnc2c(NN3CCOCC3)nccn12. The van der Waals surface area contributed by atoms with Crippen LogP contribution in [0.2, 0.25) is 0 Å². The van der Waals surface area contributed by atoms with Gasteiger partial charge in [0.25, 0.3) is 0 Å². The maximum absolute atomic E-state index is 10.1. The highest BCUT2D eigenvalue weighted by Crippen LogP contribution is 2.39. The predicted molar refractivity (Wildman–Crippen MR) is 84.0 cm³/mol. The van der Waals surface area contributed by atoms with Gasteiger partial charge >= 0.3 is 0 Å². The molecule has 4 rings (SSSR count). The number of hydrogen-bond donors (Lipinski definition) is 3. The number of hydrogen-bond acceptors (Lipinski definition) is 9. The van der Waals surface area contributed by atoms with Crippen LogP contribution in [0.15, 0.2) is 12.4 Å². The summed E-state index contributed by atoms with van der Waals surface area (Å²) in [7, 11) is 0. The zero-order valence-electron chi connectivity index (χ0n) is 12.4. The van der Waals surface area contributed by atoms with Gasteiger partial charge in [0.05, 0.1) is 30.7 Å². The summed E-state index contributed by atoms with van der Waals surface area (Å²) in [6, 6.07) is 0. The number of anilines is 1. The number of rotatable bonds is 3. The van der Waals surface area contributed by atoms with Gasteiger partial charge in [-0.15, -0.1) is 22.0 Å². The lowest BCUT2D eigenvalue weighted by molar-refractivity contribution is 0.0404. The highest BCUT2D eigenvalue weighted by atomic mass is 32.2. The molecule has 2 aliphatic rings. The summed E-state index contributed by atoms with van der Waals surface area (Å²) >= 11 is 1.48. The van der Waals surface area contributed by atoms with E-state index in [9.17, 15) is 10.2 Å². The second-order valence-corrected chi connectivity index (χ2v) is 6.73. The number of thioether (sulfide) groups is 1. The fraction of sp³-hybridized carbons (Fsp3) is 0.615. The van der Waals surface area contributed by atoms with Crippen molar-refractivity contribution < 1.29 is 14.9 Å². The van der Waals surface area contributed by atoms with Gasteiger partial charge in [-0.2, -0.15) is 0 Å². The molecular weight excluding hydrogens is 320 g/mol. The molecule has 0 aromatic carbocycles. The maximum atomic E-state index is 10.1. The number of morpholine rings is 1. The van der Waals surface area contributed by atoms with Crippen molar-refractivity contribution in [2.45, 2.75) is 17.5 Å². The number of aliphatic hydroxyl groups excluding tert-OH is 2. The Morgan fingerprint density at radius 2 is 2.09 bits per heavy atom. The Labute approximate surface area is 136 Å². The molecule has 2 fully saturated rings. The van der Waals surface area contributed by atoms with Gasteiger partial charge in [-0.3, -0.25) is 9.83 Å². The molecule has 23 heavy (non-hydrogen) atoms. The Balaban J connectivity index is 1.64. The number of nitrogens with zero attached hydrogens (tertiary/aromatic N) is 5. The molecule has 124 valence electrons. The third-order valence-corrected chi connectivity index (χ3v) is 5.42. The zero-order valence-corrected chi connectivity index (χ0v) is 13.2. The molecule has 2 saturated heterocycles. The van der Waals surface area contributed by atoms with E-state index in [0.717, 1.165) is 13.1 Å².